The Morgan fingerprint density at radius 3 is 2.52 bits per heavy atom. The third-order valence-corrected chi connectivity index (χ3v) is 3.26. The first-order chi connectivity index (χ1) is 9.75. The summed E-state index contributed by atoms with van der Waals surface area (Å²) in [5.74, 6) is 1.26. The van der Waals surface area contributed by atoms with E-state index in [0.717, 1.165) is 5.56 Å². The molecule has 0 saturated carbocycles. The lowest BCUT2D eigenvalue weighted by Crippen LogP contribution is -2.26. The van der Waals surface area contributed by atoms with Crippen LogP contribution in [0.1, 0.15) is 32.2 Å². The number of nitro groups is 1. The molecular formula is C14H19N5O2. The predicted molar refractivity (Wildman–Crippen MR) is 79.7 cm³/mol. The maximum Gasteiger partial charge on any atom is 0.270 e. The number of nitrogens with two attached hydrogens (primary N) is 1. The van der Waals surface area contributed by atoms with Crippen molar-refractivity contribution in [2.75, 3.05) is 0 Å². The number of non-ortho nitro benzene ring substituents is 1. The molecule has 0 fully saturated rings. The van der Waals surface area contributed by atoms with Crippen molar-refractivity contribution in [1.82, 2.24) is 14.8 Å². The van der Waals surface area contributed by atoms with E-state index in [-0.39, 0.29) is 17.8 Å². The van der Waals surface area contributed by atoms with Gasteiger partial charge in [0.05, 0.1) is 11.5 Å². The second kappa shape index (κ2) is 5.25. The van der Waals surface area contributed by atoms with E-state index in [1.165, 1.54) is 12.1 Å². The minimum atomic E-state index is -0.412. The molecule has 0 spiro atoms. The molecule has 2 aromatic rings. The average molecular weight is 289 g/mol. The molecule has 21 heavy (non-hydrogen) atoms. The Morgan fingerprint density at radius 1 is 1.33 bits per heavy atom. The maximum absolute atomic E-state index is 11.0. The Hall–Kier alpha value is -2.28. The van der Waals surface area contributed by atoms with Gasteiger partial charge in [-0.05, 0) is 33.3 Å². The highest BCUT2D eigenvalue weighted by molar-refractivity contribution is 5.64. The van der Waals surface area contributed by atoms with E-state index in [1.54, 1.807) is 6.07 Å². The second-order valence-electron chi connectivity index (χ2n) is 5.91. The van der Waals surface area contributed by atoms with Crippen molar-refractivity contribution in [2.45, 2.75) is 39.8 Å². The summed E-state index contributed by atoms with van der Waals surface area (Å²) in [5.41, 5.74) is 7.09. The molecule has 7 heteroatoms. The van der Waals surface area contributed by atoms with Gasteiger partial charge in [-0.3, -0.25) is 10.1 Å². The molecule has 0 saturated heterocycles. The number of nitro benzene ring substituents is 1. The molecule has 1 heterocycles. The smallest absolute Gasteiger partial charge is 0.270 e. The van der Waals surface area contributed by atoms with Crippen LogP contribution < -0.4 is 5.73 Å². The van der Waals surface area contributed by atoms with E-state index in [4.69, 9.17) is 5.73 Å². The van der Waals surface area contributed by atoms with E-state index < -0.39 is 4.92 Å². The van der Waals surface area contributed by atoms with Gasteiger partial charge in [-0.25, -0.2) is 0 Å². The van der Waals surface area contributed by atoms with Crippen LogP contribution in [0.2, 0.25) is 0 Å². The Labute approximate surface area is 122 Å². The zero-order valence-electron chi connectivity index (χ0n) is 12.6. The molecule has 1 aromatic carbocycles. The summed E-state index contributed by atoms with van der Waals surface area (Å²) in [4.78, 5) is 10.6. The van der Waals surface area contributed by atoms with Crippen LogP contribution in [0, 0.1) is 17.0 Å². The van der Waals surface area contributed by atoms with Crippen molar-refractivity contribution in [2.24, 2.45) is 5.73 Å². The molecule has 0 aliphatic heterocycles. The number of aryl methyl sites for hydroxylation is 1. The van der Waals surface area contributed by atoms with Gasteiger partial charge in [0.2, 0.25) is 0 Å². The topological polar surface area (TPSA) is 99.9 Å². The van der Waals surface area contributed by atoms with Crippen molar-refractivity contribution in [3.63, 3.8) is 0 Å². The normalized spacial score (nSPS) is 11.7. The van der Waals surface area contributed by atoms with Crippen LogP contribution in [0.5, 0.6) is 0 Å². The molecule has 0 aliphatic rings. The summed E-state index contributed by atoms with van der Waals surface area (Å²) < 4.78 is 1.93. The third kappa shape index (κ3) is 2.78. The van der Waals surface area contributed by atoms with Gasteiger partial charge in [0.15, 0.2) is 5.82 Å². The predicted octanol–water partition coefficient (Wildman–Crippen LogP) is 2.38. The maximum atomic E-state index is 11.0. The molecular weight excluding hydrogens is 270 g/mol. The number of hydrogen-bond donors (Lipinski definition) is 1. The largest absolute Gasteiger partial charge is 0.324 e. The Kier molecular flexibility index (Phi) is 3.78. The van der Waals surface area contributed by atoms with Gasteiger partial charge in [-0.15, -0.1) is 10.2 Å². The van der Waals surface area contributed by atoms with E-state index in [2.05, 4.69) is 10.2 Å². The summed E-state index contributed by atoms with van der Waals surface area (Å²) >= 11 is 0. The van der Waals surface area contributed by atoms with Crippen LogP contribution in [0.15, 0.2) is 18.2 Å². The Bertz CT molecular complexity index is 685. The van der Waals surface area contributed by atoms with Crippen molar-refractivity contribution < 1.29 is 4.92 Å². The molecule has 0 radical (unpaired) electrons. The quantitative estimate of drug-likeness (QED) is 0.690. The highest BCUT2D eigenvalue weighted by atomic mass is 16.6. The third-order valence-electron chi connectivity index (χ3n) is 3.26. The zero-order valence-corrected chi connectivity index (χ0v) is 12.6. The van der Waals surface area contributed by atoms with E-state index in [1.807, 2.05) is 32.3 Å². The van der Waals surface area contributed by atoms with Gasteiger partial charge < -0.3 is 10.3 Å². The minimum absolute atomic E-state index is 0.0355. The molecule has 1 aromatic heterocycles. The van der Waals surface area contributed by atoms with Crippen LogP contribution in [-0.2, 0) is 12.1 Å². The summed E-state index contributed by atoms with van der Waals surface area (Å²) in [7, 11) is 0. The van der Waals surface area contributed by atoms with Crippen molar-refractivity contribution in [3.8, 4) is 11.4 Å². The highest BCUT2D eigenvalue weighted by Gasteiger charge is 2.25. The average Bonchev–Trinajstić information content (AvgIpc) is 2.82. The van der Waals surface area contributed by atoms with Crippen molar-refractivity contribution >= 4 is 5.69 Å². The number of benzene rings is 1. The lowest BCUT2D eigenvalue weighted by Gasteiger charge is -2.25. The molecule has 0 unspecified atom stereocenters. The molecule has 0 bridgehead atoms. The fourth-order valence-electron chi connectivity index (χ4n) is 2.29. The highest BCUT2D eigenvalue weighted by Crippen LogP contribution is 2.30. The Balaban J connectivity index is 2.70. The summed E-state index contributed by atoms with van der Waals surface area (Å²) in [5, 5.41) is 19.3. The van der Waals surface area contributed by atoms with Crippen LogP contribution in [0.4, 0.5) is 5.69 Å². The van der Waals surface area contributed by atoms with Crippen LogP contribution >= 0.6 is 0 Å². The van der Waals surface area contributed by atoms with Crippen LogP contribution in [-0.4, -0.2) is 19.7 Å². The van der Waals surface area contributed by atoms with Crippen LogP contribution in [0.3, 0.4) is 0 Å². The second-order valence-corrected chi connectivity index (χ2v) is 5.91. The number of aromatic nitrogens is 3. The fourth-order valence-corrected chi connectivity index (χ4v) is 2.29. The molecule has 0 aliphatic carbocycles. The summed E-state index contributed by atoms with van der Waals surface area (Å²) in [6.07, 6.45) is 0. The first-order valence-corrected chi connectivity index (χ1v) is 6.66. The lowest BCUT2D eigenvalue weighted by atomic mass is 10.0. The summed E-state index contributed by atoms with van der Waals surface area (Å²) in [6, 6.07) is 4.74. The van der Waals surface area contributed by atoms with Gasteiger partial charge >= 0.3 is 0 Å². The Morgan fingerprint density at radius 2 is 2.00 bits per heavy atom. The molecule has 2 rings (SSSR count). The fraction of sp³-hybridized carbons (Fsp3) is 0.429. The number of nitrogens with zero attached hydrogens (tertiary/aromatic N) is 4. The summed E-state index contributed by atoms with van der Waals surface area (Å²) in [6.45, 7) is 8.21. The van der Waals surface area contributed by atoms with Crippen molar-refractivity contribution in [1.29, 1.82) is 0 Å². The molecule has 0 amide bonds. The monoisotopic (exact) mass is 289 g/mol. The zero-order chi connectivity index (χ0) is 15.8. The van der Waals surface area contributed by atoms with Gasteiger partial charge in [0, 0.05) is 23.2 Å². The SMILES string of the molecule is Cc1ccc([N+](=O)[O-])cc1-c1nnc(CN)n1C(C)(C)C. The molecule has 7 nitrogen and oxygen atoms in total. The molecule has 2 N–H and O–H groups in total. The standard InChI is InChI=1S/C14H19N5O2/c1-9-5-6-10(19(20)21)7-11(9)13-17-16-12(8-15)18(13)14(2,3)4/h5-7H,8,15H2,1-4H3. The lowest BCUT2D eigenvalue weighted by molar-refractivity contribution is -0.384. The minimum Gasteiger partial charge on any atom is -0.324 e. The molecule has 0 atom stereocenters. The van der Waals surface area contributed by atoms with E-state index in [9.17, 15) is 10.1 Å². The van der Waals surface area contributed by atoms with Crippen LogP contribution in [0.25, 0.3) is 11.4 Å². The van der Waals surface area contributed by atoms with Gasteiger partial charge in [-0.2, -0.15) is 0 Å². The van der Waals surface area contributed by atoms with Gasteiger partial charge in [0.1, 0.15) is 5.82 Å². The van der Waals surface area contributed by atoms with E-state index in [0.29, 0.717) is 17.2 Å². The van der Waals surface area contributed by atoms with Gasteiger partial charge in [-0.1, -0.05) is 6.07 Å². The number of hydrogen-bond acceptors (Lipinski definition) is 5. The first-order valence-electron chi connectivity index (χ1n) is 6.66. The molecule has 112 valence electrons. The van der Waals surface area contributed by atoms with E-state index >= 15 is 0 Å². The first kappa shape index (κ1) is 15.1. The van der Waals surface area contributed by atoms with Gasteiger partial charge in [0.25, 0.3) is 5.69 Å². The van der Waals surface area contributed by atoms with Crippen molar-refractivity contribution in [3.05, 3.63) is 39.7 Å². The number of rotatable bonds is 3.